The van der Waals surface area contributed by atoms with Gasteiger partial charge in [0.15, 0.2) is 0 Å². The second-order valence-corrected chi connectivity index (χ2v) is 3.93. The van der Waals surface area contributed by atoms with E-state index in [0.717, 1.165) is 5.57 Å². The van der Waals surface area contributed by atoms with Crippen LogP contribution in [0.25, 0.3) is 0 Å². The van der Waals surface area contributed by atoms with Crippen LogP contribution < -0.4 is 0 Å². The van der Waals surface area contributed by atoms with Crippen molar-refractivity contribution in [1.29, 1.82) is 0 Å². The second kappa shape index (κ2) is 5.45. The smallest absolute Gasteiger partial charge is 0.125 e. The summed E-state index contributed by atoms with van der Waals surface area (Å²) in [5.74, 6) is 0. The molecule has 2 N–H and O–H groups in total. The quantitative estimate of drug-likeness (QED) is 0.725. The number of hydrogen-bond donors (Lipinski definition) is 2. The Hall–Kier alpha value is -0.640. The van der Waals surface area contributed by atoms with E-state index in [9.17, 15) is 5.11 Å². The number of aliphatic hydroxyl groups is 2. The molecule has 0 aromatic rings. The number of rotatable bonds is 4. The van der Waals surface area contributed by atoms with Gasteiger partial charge in [-0.1, -0.05) is 24.6 Å². The van der Waals surface area contributed by atoms with Gasteiger partial charge in [0.05, 0.1) is 5.60 Å². The monoisotopic (exact) mass is 229 g/mol. The SMILES string of the molecule is CCC(O)(CCO)C1=CCC=C(Cl)N=C1. The minimum absolute atomic E-state index is 0.0450. The Labute approximate surface area is 94.8 Å². The third-order valence-electron chi connectivity index (χ3n) is 2.60. The van der Waals surface area contributed by atoms with Gasteiger partial charge in [0, 0.05) is 19.2 Å². The Morgan fingerprint density at radius 3 is 2.87 bits per heavy atom. The van der Waals surface area contributed by atoms with Crippen molar-refractivity contribution < 1.29 is 10.2 Å². The maximum atomic E-state index is 10.3. The first-order valence-corrected chi connectivity index (χ1v) is 5.44. The molecule has 0 bridgehead atoms. The standard InChI is InChI=1S/C11H16ClNO2/c1-2-11(15,6-7-14)9-4-3-5-10(12)13-8-9/h4-5,8,14-15H,2-3,6-7H2,1H3. The molecule has 1 aliphatic rings. The normalized spacial score (nSPS) is 20.3. The third-order valence-corrected chi connectivity index (χ3v) is 2.85. The zero-order valence-corrected chi connectivity index (χ0v) is 9.54. The molecule has 0 saturated carbocycles. The molecule has 1 rings (SSSR count). The number of aliphatic imine (C=N–C) groups is 1. The Morgan fingerprint density at radius 1 is 1.53 bits per heavy atom. The van der Waals surface area contributed by atoms with Gasteiger partial charge in [-0.2, -0.15) is 0 Å². The summed E-state index contributed by atoms with van der Waals surface area (Å²) in [6, 6.07) is 0. The van der Waals surface area contributed by atoms with Crippen LogP contribution in [0.4, 0.5) is 0 Å². The van der Waals surface area contributed by atoms with Crippen molar-refractivity contribution >= 4 is 17.8 Å². The van der Waals surface area contributed by atoms with Crippen molar-refractivity contribution in [3.05, 3.63) is 22.9 Å². The van der Waals surface area contributed by atoms with Crippen molar-refractivity contribution in [2.45, 2.75) is 31.8 Å². The number of nitrogens with zero attached hydrogens (tertiary/aromatic N) is 1. The first kappa shape index (κ1) is 12.4. The van der Waals surface area contributed by atoms with Gasteiger partial charge in [0.25, 0.3) is 0 Å². The minimum Gasteiger partial charge on any atom is -0.396 e. The van der Waals surface area contributed by atoms with E-state index in [1.54, 1.807) is 12.3 Å². The zero-order valence-electron chi connectivity index (χ0n) is 8.78. The highest BCUT2D eigenvalue weighted by Crippen LogP contribution is 2.26. The van der Waals surface area contributed by atoms with Crippen LogP contribution in [0.15, 0.2) is 27.9 Å². The van der Waals surface area contributed by atoms with Crippen molar-refractivity contribution in [2.24, 2.45) is 4.99 Å². The summed E-state index contributed by atoms with van der Waals surface area (Å²) in [6.45, 7) is 1.83. The summed E-state index contributed by atoms with van der Waals surface area (Å²) in [5.41, 5.74) is -0.265. The average Bonchev–Trinajstić information content (AvgIpc) is 2.43. The maximum absolute atomic E-state index is 10.3. The Balaban J connectivity index is 2.87. The van der Waals surface area contributed by atoms with Gasteiger partial charge in [-0.25, -0.2) is 4.99 Å². The fraction of sp³-hybridized carbons (Fsp3) is 0.545. The zero-order chi connectivity index (χ0) is 11.3. The van der Waals surface area contributed by atoms with E-state index < -0.39 is 5.60 Å². The summed E-state index contributed by atoms with van der Waals surface area (Å²) in [5, 5.41) is 19.6. The van der Waals surface area contributed by atoms with E-state index in [4.69, 9.17) is 16.7 Å². The van der Waals surface area contributed by atoms with Gasteiger partial charge in [-0.15, -0.1) is 0 Å². The van der Waals surface area contributed by atoms with Gasteiger partial charge in [0.2, 0.25) is 0 Å². The summed E-state index contributed by atoms with van der Waals surface area (Å²) < 4.78 is 0. The fourth-order valence-electron chi connectivity index (χ4n) is 1.54. The van der Waals surface area contributed by atoms with Gasteiger partial charge in [-0.05, 0) is 24.5 Å². The molecule has 0 aliphatic carbocycles. The lowest BCUT2D eigenvalue weighted by Crippen LogP contribution is -2.32. The predicted molar refractivity (Wildman–Crippen MR) is 62.1 cm³/mol. The topological polar surface area (TPSA) is 52.8 Å². The van der Waals surface area contributed by atoms with Gasteiger partial charge in [0.1, 0.15) is 5.16 Å². The molecule has 0 saturated heterocycles. The van der Waals surface area contributed by atoms with E-state index in [1.807, 2.05) is 13.0 Å². The Bertz CT molecular complexity index is 310. The number of hydrogen-bond acceptors (Lipinski definition) is 3. The lowest BCUT2D eigenvalue weighted by Gasteiger charge is -2.26. The summed E-state index contributed by atoms with van der Waals surface area (Å²) in [7, 11) is 0. The predicted octanol–water partition coefficient (Wildman–Crippen LogP) is 1.99. The molecule has 3 nitrogen and oxygen atoms in total. The molecule has 0 radical (unpaired) electrons. The molecular weight excluding hydrogens is 214 g/mol. The molecule has 4 heteroatoms. The highest BCUT2D eigenvalue weighted by molar-refractivity contribution is 6.30. The molecule has 1 atom stereocenters. The number of halogens is 1. The van der Waals surface area contributed by atoms with E-state index in [0.29, 0.717) is 24.4 Å². The van der Waals surface area contributed by atoms with E-state index in [1.165, 1.54) is 0 Å². The fourth-order valence-corrected chi connectivity index (χ4v) is 1.68. The molecule has 0 aromatic carbocycles. The van der Waals surface area contributed by atoms with Crippen LogP contribution in [-0.4, -0.2) is 28.6 Å². The van der Waals surface area contributed by atoms with Crippen molar-refractivity contribution in [3.63, 3.8) is 0 Å². The molecule has 0 aromatic heterocycles. The molecule has 84 valence electrons. The van der Waals surface area contributed by atoms with E-state index in [-0.39, 0.29) is 6.61 Å². The Morgan fingerprint density at radius 2 is 2.27 bits per heavy atom. The molecule has 0 spiro atoms. The van der Waals surface area contributed by atoms with Crippen LogP contribution in [0.1, 0.15) is 26.2 Å². The average molecular weight is 230 g/mol. The molecule has 1 heterocycles. The first-order valence-electron chi connectivity index (χ1n) is 5.06. The summed E-state index contributed by atoms with van der Waals surface area (Å²) >= 11 is 5.76. The minimum atomic E-state index is -0.992. The van der Waals surface area contributed by atoms with Crippen LogP contribution in [0, 0.1) is 0 Å². The lowest BCUT2D eigenvalue weighted by atomic mass is 9.88. The van der Waals surface area contributed by atoms with Gasteiger partial charge >= 0.3 is 0 Å². The molecule has 0 amide bonds. The molecule has 1 aliphatic heterocycles. The number of aliphatic hydroxyl groups excluding tert-OH is 1. The van der Waals surface area contributed by atoms with Crippen LogP contribution in [0.2, 0.25) is 0 Å². The van der Waals surface area contributed by atoms with Crippen molar-refractivity contribution in [3.8, 4) is 0 Å². The largest absolute Gasteiger partial charge is 0.396 e. The summed E-state index contributed by atoms with van der Waals surface area (Å²) in [6.07, 6.45) is 6.76. The van der Waals surface area contributed by atoms with Gasteiger partial charge < -0.3 is 10.2 Å². The highest BCUT2D eigenvalue weighted by Gasteiger charge is 2.28. The highest BCUT2D eigenvalue weighted by atomic mass is 35.5. The summed E-state index contributed by atoms with van der Waals surface area (Å²) in [4.78, 5) is 3.99. The third kappa shape index (κ3) is 3.16. The van der Waals surface area contributed by atoms with Crippen LogP contribution >= 0.6 is 11.6 Å². The second-order valence-electron chi connectivity index (χ2n) is 3.54. The van der Waals surface area contributed by atoms with Crippen molar-refractivity contribution in [1.82, 2.24) is 0 Å². The first-order chi connectivity index (χ1) is 7.12. The van der Waals surface area contributed by atoms with Crippen LogP contribution in [0.3, 0.4) is 0 Å². The lowest BCUT2D eigenvalue weighted by molar-refractivity contribution is 0.0519. The van der Waals surface area contributed by atoms with E-state index in [2.05, 4.69) is 4.99 Å². The Kier molecular flexibility index (Phi) is 4.51. The van der Waals surface area contributed by atoms with E-state index >= 15 is 0 Å². The number of allylic oxidation sites excluding steroid dienone is 2. The molecule has 1 unspecified atom stereocenters. The maximum Gasteiger partial charge on any atom is 0.125 e. The molecule has 15 heavy (non-hydrogen) atoms. The molecular formula is C11H16ClNO2. The molecule has 0 fully saturated rings. The van der Waals surface area contributed by atoms with Crippen LogP contribution in [0.5, 0.6) is 0 Å². The van der Waals surface area contributed by atoms with Crippen LogP contribution in [-0.2, 0) is 0 Å². The van der Waals surface area contributed by atoms with Gasteiger partial charge in [-0.3, -0.25) is 0 Å². The van der Waals surface area contributed by atoms with Crippen molar-refractivity contribution in [2.75, 3.05) is 6.61 Å².